The molecule has 33 heavy (non-hydrogen) atoms. The van der Waals surface area contributed by atoms with Gasteiger partial charge in [-0.2, -0.15) is 0 Å². The van der Waals surface area contributed by atoms with Crippen LogP contribution < -0.4 is 15.9 Å². The molecule has 10 nitrogen and oxygen atoms in total. The number of piperazine rings is 1. The minimum atomic E-state index is -0.716. The fourth-order valence-corrected chi connectivity index (χ4v) is 5.39. The molecule has 3 amide bonds. The molecule has 0 aliphatic carbocycles. The van der Waals surface area contributed by atoms with Crippen LogP contribution in [0.4, 0.5) is 10.5 Å². The third kappa shape index (κ3) is 3.48. The summed E-state index contributed by atoms with van der Waals surface area (Å²) < 4.78 is 8.64. The second kappa shape index (κ2) is 7.36. The van der Waals surface area contributed by atoms with E-state index in [9.17, 15) is 19.2 Å². The lowest BCUT2D eigenvalue weighted by Crippen LogP contribution is -2.50. The van der Waals surface area contributed by atoms with Gasteiger partial charge in [-0.3, -0.25) is 24.0 Å². The van der Waals surface area contributed by atoms with Crippen molar-refractivity contribution < 1.29 is 19.1 Å². The Hall–Kier alpha value is -3.30. The molecule has 1 aromatic heterocycles. The van der Waals surface area contributed by atoms with E-state index in [-0.39, 0.29) is 36.2 Å². The van der Waals surface area contributed by atoms with Gasteiger partial charge >= 0.3 is 11.8 Å². The van der Waals surface area contributed by atoms with Crippen molar-refractivity contribution in [1.82, 2.24) is 19.4 Å². The van der Waals surface area contributed by atoms with E-state index in [1.165, 1.54) is 4.57 Å². The Morgan fingerprint density at radius 2 is 1.88 bits per heavy atom. The van der Waals surface area contributed by atoms with Gasteiger partial charge in [-0.15, -0.1) is 0 Å². The predicted molar refractivity (Wildman–Crippen MR) is 121 cm³/mol. The molecule has 10 heteroatoms. The van der Waals surface area contributed by atoms with Crippen LogP contribution in [-0.2, 0) is 21.4 Å². The van der Waals surface area contributed by atoms with Crippen molar-refractivity contribution in [2.45, 2.75) is 63.8 Å². The second-order valence-corrected chi connectivity index (χ2v) is 10.2. The monoisotopic (exact) mass is 455 g/mol. The van der Waals surface area contributed by atoms with Gasteiger partial charge in [-0.1, -0.05) is 6.07 Å². The Balaban J connectivity index is 1.47. The number of nitrogens with one attached hydrogen (secondary N) is 1. The summed E-state index contributed by atoms with van der Waals surface area (Å²) in [5.74, 6) is -0.757. The number of carbonyl (C=O) groups is 3. The van der Waals surface area contributed by atoms with Gasteiger partial charge in [-0.25, -0.2) is 9.59 Å². The van der Waals surface area contributed by atoms with Crippen molar-refractivity contribution in [3.05, 3.63) is 28.7 Å². The van der Waals surface area contributed by atoms with Gasteiger partial charge < -0.3 is 14.5 Å². The normalized spacial score (nSPS) is 25.2. The number of aromatic nitrogens is 2. The fraction of sp³-hybridized carbons (Fsp3) is 0.565. The van der Waals surface area contributed by atoms with Gasteiger partial charge in [0.25, 0.3) is 0 Å². The van der Waals surface area contributed by atoms with Crippen LogP contribution in [0.25, 0.3) is 11.0 Å². The molecule has 0 saturated carbocycles. The summed E-state index contributed by atoms with van der Waals surface area (Å²) in [7, 11) is 1.71. The van der Waals surface area contributed by atoms with Crippen LogP contribution in [0.1, 0.15) is 46.1 Å². The summed E-state index contributed by atoms with van der Waals surface area (Å²) in [4.78, 5) is 53.9. The number of ether oxygens (including phenoxy) is 1. The molecule has 3 aliphatic rings. The number of imidazole rings is 1. The first-order chi connectivity index (χ1) is 15.5. The highest BCUT2D eigenvalue weighted by atomic mass is 16.6. The molecule has 2 aromatic rings. The van der Waals surface area contributed by atoms with E-state index in [1.807, 2.05) is 39.0 Å². The molecule has 0 radical (unpaired) electrons. The first kappa shape index (κ1) is 21.5. The number of rotatable bonds is 2. The molecule has 3 atom stereocenters. The van der Waals surface area contributed by atoms with Crippen molar-refractivity contribution in [3.63, 3.8) is 0 Å². The lowest BCUT2D eigenvalue weighted by molar-refractivity contribution is -0.135. The summed E-state index contributed by atoms with van der Waals surface area (Å²) >= 11 is 0. The van der Waals surface area contributed by atoms with Crippen LogP contribution in [0.15, 0.2) is 23.0 Å². The lowest BCUT2D eigenvalue weighted by atomic mass is 10.1. The van der Waals surface area contributed by atoms with Gasteiger partial charge in [0.1, 0.15) is 11.6 Å². The minimum absolute atomic E-state index is 0.0503. The zero-order chi connectivity index (χ0) is 23.7. The molecule has 3 saturated heterocycles. The lowest BCUT2D eigenvalue weighted by Gasteiger charge is -2.36. The number of aryl methyl sites for hydroxylation is 1. The van der Waals surface area contributed by atoms with Crippen molar-refractivity contribution in [2.75, 3.05) is 18.0 Å². The van der Waals surface area contributed by atoms with E-state index < -0.39 is 17.6 Å². The number of carbonyl (C=O) groups excluding carboxylic acids is 3. The third-order valence-corrected chi connectivity index (χ3v) is 6.78. The van der Waals surface area contributed by atoms with Crippen LogP contribution >= 0.6 is 0 Å². The number of anilines is 1. The van der Waals surface area contributed by atoms with Gasteiger partial charge in [0.05, 0.1) is 22.8 Å². The topological polar surface area (TPSA) is 106 Å². The van der Waals surface area contributed by atoms with E-state index in [1.54, 1.807) is 16.5 Å². The van der Waals surface area contributed by atoms with Crippen molar-refractivity contribution in [2.24, 2.45) is 7.05 Å². The molecule has 1 unspecified atom stereocenters. The van der Waals surface area contributed by atoms with Crippen LogP contribution in [-0.4, -0.2) is 62.7 Å². The molecule has 1 aromatic carbocycles. The Bertz CT molecular complexity index is 1220. The number of amides is 3. The first-order valence-corrected chi connectivity index (χ1v) is 11.3. The Morgan fingerprint density at radius 3 is 2.52 bits per heavy atom. The fourth-order valence-electron chi connectivity index (χ4n) is 5.39. The van der Waals surface area contributed by atoms with Gasteiger partial charge in [0.2, 0.25) is 11.8 Å². The molecule has 5 rings (SSSR count). The highest BCUT2D eigenvalue weighted by Crippen LogP contribution is 2.38. The average molecular weight is 456 g/mol. The SMILES string of the molecule is Cn1c(=O)n(C2CCC(=O)NC2=O)c2cccc(N3C[C@H]4C[C@@H]3CN4C(=O)OC(C)(C)C)c21. The maximum Gasteiger partial charge on any atom is 0.410 e. The van der Waals surface area contributed by atoms with Crippen LogP contribution in [0.2, 0.25) is 0 Å². The predicted octanol–water partition coefficient (Wildman–Crippen LogP) is 1.52. The highest BCUT2D eigenvalue weighted by molar-refractivity contribution is 6.00. The molecular formula is C23H29N5O5. The molecule has 3 aliphatic heterocycles. The third-order valence-electron chi connectivity index (χ3n) is 6.78. The molecule has 2 bridgehead atoms. The number of likely N-dealkylation sites (tertiary alicyclic amines) is 1. The Morgan fingerprint density at radius 1 is 1.12 bits per heavy atom. The van der Waals surface area contributed by atoms with Gasteiger partial charge in [-0.05, 0) is 45.7 Å². The average Bonchev–Trinajstić information content (AvgIpc) is 3.40. The van der Waals surface area contributed by atoms with E-state index in [0.717, 1.165) is 17.6 Å². The number of nitrogens with zero attached hydrogens (tertiary/aromatic N) is 4. The summed E-state index contributed by atoms with van der Waals surface area (Å²) in [6.07, 6.45) is 1.06. The summed E-state index contributed by atoms with van der Waals surface area (Å²) in [6.45, 7) is 6.80. The van der Waals surface area contributed by atoms with Crippen molar-refractivity contribution >= 4 is 34.6 Å². The highest BCUT2D eigenvalue weighted by Gasteiger charge is 2.47. The quantitative estimate of drug-likeness (QED) is 0.689. The van der Waals surface area contributed by atoms with Crippen molar-refractivity contribution in [1.29, 1.82) is 0 Å². The zero-order valence-corrected chi connectivity index (χ0v) is 19.3. The molecule has 3 fully saturated rings. The number of fused-ring (bicyclic) bond motifs is 3. The van der Waals surface area contributed by atoms with E-state index in [4.69, 9.17) is 4.74 Å². The van der Waals surface area contributed by atoms with E-state index in [2.05, 4.69) is 10.2 Å². The smallest absolute Gasteiger partial charge is 0.410 e. The largest absolute Gasteiger partial charge is 0.444 e. The Labute approximate surface area is 191 Å². The Kier molecular flexibility index (Phi) is 4.80. The maximum absolute atomic E-state index is 13.2. The number of hydrogen-bond acceptors (Lipinski definition) is 6. The standard InChI is InChI=1S/C23H29N5O5/c1-23(2,3)33-22(32)27-12-13-10-14(27)11-26(13)15-6-5-7-16-19(15)25(4)21(31)28(16)17-8-9-18(29)24-20(17)30/h5-7,13-14,17H,8-12H2,1-4H3,(H,24,29,30)/t13-,14-,17?/m1/s1. The van der Waals surface area contributed by atoms with E-state index in [0.29, 0.717) is 25.0 Å². The number of hydrogen-bond donors (Lipinski definition) is 1. The molecule has 4 heterocycles. The molecule has 0 spiro atoms. The first-order valence-electron chi connectivity index (χ1n) is 11.3. The van der Waals surface area contributed by atoms with Gasteiger partial charge in [0, 0.05) is 32.6 Å². The number of para-hydroxylation sites is 1. The molecular weight excluding hydrogens is 426 g/mol. The number of piperidine rings is 1. The van der Waals surface area contributed by atoms with Crippen molar-refractivity contribution in [3.8, 4) is 0 Å². The molecule has 1 N–H and O–H groups in total. The van der Waals surface area contributed by atoms with Crippen LogP contribution in [0.3, 0.4) is 0 Å². The van der Waals surface area contributed by atoms with E-state index >= 15 is 0 Å². The second-order valence-electron chi connectivity index (χ2n) is 10.2. The zero-order valence-electron chi connectivity index (χ0n) is 19.3. The summed E-state index contributed by atoms with van der Waals surface area (Å²) in [6, 6.07) is 5.17. The minimum Gasteiger partial charge on any atom is -0.444 e. The van der Waals surface area contributed by atoms with Gasteiger partial charge in [0.15, 0.2) is 0 Å². The summed E-state index contributed by atoms with van der Waals surface area (Å²) in [5.41, 5.74) is 1.51. The molecule has 176 valence electrons. The van der Waals surface area contributed by atoms with Crippen LogP contribution in [0, 0.1) is 0 Å². The van der Waals surface area contributed by atoms with Crippen LogP contribution in [0.5, 0.6) is 0 Å². The maximum atomic E-state index is 13.2. The number of benzene rings is 1. The summed E-state index contributed by atoms with van der Waals surface area (Å²) in [5, 5.41) is 2.35. The number of imide groups is 1.